The van der Waals surface area contributed by atoms with Gasteiger partial charge in [0.2, 0.25) is 0 Å². The van der Waals surface area contributed by atoms with Crippen molar-refractivity contribution in [1.82, 2.24) is 0 Å². The van der Waals surface area contributed by atoms with Crippen molar-refractivity contribution in [2.24, 2.45) is 0 Å². The molecule has 1 fully saturated rings. The normalized spacial score (nSPS) is 14.7. The molecule has 12 heteroatoms. The van der Waals surface area contributed by atoms with E-state index in [0.717, 1.165) is 13.2 Å². The van der Waals surface area contributed by atoms with Crippen molar-refractivity contribution in [1.29, 1.82) is 0 Å². The van der Waals surface area contributed by atoms with Gasteiger partial charge in [0.1, 0.15) is 34.7 Å². The van der Waals surface area contributed by atoms with Gasteiger partial charge in [-0.05, 0) is 149 Å². The number of ether oxygens (including phenoxy) is 3. The fourth-order valence-corrected chi connectivity index (χ4v) is 4.86. The predicted octanol–water partition coefficient (Wildman–Crippen LogP) is 9.34. The van der Waals surface area contributed by atoms with Crippen LogP contribution in [0.25, 0.3) is 0 Å². The van der Waals surface area contributed by atoms with Crippen molar-refractivity contribution in [3.05, 3.63) is 85.5 Å². The quantitative estimate of drug-likeness (QED) is 0.210. The van der Waals surface area contributed by atoms with Gasteiger partial charge in [-0.25, -0.2) is 13.2 Å². The Labute approximate surface area is 282 Å². The molecule has 1 saturated heterocycles. The number of hydrogen-bond acceptors (Lipinski definition) is 6. The molecule has 0 aromatic heterocycles. The smallest absolute Gasteiger partial charge is 0.134 e. The van der Waals surface area contributed by atoms with Crippen molar-refractivity contribution in [2.45, 2.75) is 77.8 Å². The zero-order valence-corrected chi connectivity index (χ0v) is 29.8. The molecule has 44 heavy (non-hydrogen) atoms. The molecule has 0 aliphatic carbocycles. The number of aromatic hydroxyl groups is 1. The van der Waals surface area contributed by atoms with Gasteiger partial charge >= 0.3 is 0 Å². The summed E-state index contributed by atoms with van der Waals surface area (Å²) in [6.45, 7) is 9.14. The summed E-state index contributed by atoms with van der Waals surface area (Å²) in [7, 11) is 0. The summed E-state index contributed by atoms with van der Waals surface area (Å²) in [5, 5.41) is 26.0. The molecule has 6 nitrogen and oxygen atoms in total. The Hall–Kier alpha value is -1.83. The Morgan fingerprint density at radius 3 is 1.32 bits per heavy atom. The van der Waals surface area contributed by atoms with Gasteiger partial charge in [0.15, 0.2) is 0 Å². The first-order valence-corrected chi connectivity index (χ1v) is 16.4. The molecular weight excluding hydrogens is 777 g/mol. The third kappa shape index (κ3) is 18.2. The third-order valence-corrected chi connectivity index (χ3v) is 7.40. The van der Waals surface area contributed by atoms with Gasteiger partial charge in [-0.3, -0.25) is 0 Å². The van der Waals surface area contributed by atoms with Crippen LogP contribution in [-0.4, -0.2) is 52.9 Å². The Morgan fingerprint density at radius 2 is 1.05 bits per heavy atom. The molecule has 3 aromatic carbocycles. The first kappa shape index (κ1) is 40.2. The van der Waals surface area contributed by atoms with Crippen LogP contribution in [0, 0.1) is 17.5 Å². The Morgan fingerprint density at radius 1 is 0.659 bits per heavy atom. The van der Waals surface area contributed by atoms with Gasteiger partial charge in [-0.2, -0.15) is 0 Å². The average Bonchev–Trinajstić information content (AvgIpc) is 3.50. The number of halogens is 6. The number of rotatable bonds is 8. The molecule has 4 atom stereocenters. The van der Waals surface area contributed by atoms with E-state index in [2.05, 4.69) is 47.8 Å². The van der Waals surface area contributed by atoms with E-state index >= 15 is 0 Å². The zero-order valence-electron chi connectivity index (χ0n) is 25.1. The topological polar surface area (TPSA) is 88.4 Å². The van der Waals surface area contributed by atoms with Crippen molar-refractivity contribution < 1.29 is 42.7 Å². The van der Waals surface area contributed by atoms with E-state index in [9.17, 15) is 13.2 Å². The second-order valence-electron chi connectivity index (χ2n) is 10.1. The van der Waals surface area contributed by atoms with Crippen LogP contribution in [0.15, 0.2) is 68.0 Å². The van der Waals surface area contributed by atoms with Crippen LogP contribution >= 0.6 is 47.8 Å². The highest BCUT2D eigenvalue weighted by atomic mass is 79.9. The molecule has 0 amide bonds. The standard InChI is InChI=1S/C17H16Br2F2O2.C6H4BrFO.C5H12O2.C4H8O/c1-10(22-16-5-3-12(20)8-14(16)18)7-11(2)23-17-6-4-13(21)9-15(17)19;7-5-3-4(8)1-2-6(5)9;1-4(6)3-5(2)7;1-2-4-5-3-1/h3-6,8-11H,7H2,1-2H3;1-3,9H;4-7H,3H2,1-2H3;1-4H2/t10-,11-;;4-,5-;/m1.1./s1. The fraction of sp³-hybridized carbons (Fsp3) is 0.438. The number of phenolic OH excluding ortho intramolecular Hbond substituents is 1. The number of aliphatic hydroxyl groups excluding tert-OH is 2. The van der Waals surface area contributed by atoms with E-state index in [1.807, 2.05) is 13.8 Å². The number of benzene rings is 3. The molecule has 1 heterocycles. The lowest BCUT2D eigenvalue weighted by Gasteiger charge is -2.21. The highest BCUT2D eigenvalue weighted by Gasteiger charge is 2.15. The van der Waals surface area contributed by atoms with Crippen LogP contribution in [0.5, 0.6) is 17.2 Å². The predicted molar refractivity (Wildman–Crippen MR) is 177 cm³/mol. The summed E-state index contributed by atoms with van der Waals surface area (Å²) in [6.07, 6.45) is 2.63. The van der Waals surface area contributed by atoms with Crippen molar-refractivity contribution >= 4 is 47.8 Å². The Balaban J connectivity index is 0.000000372. The zero-order chi connectivity index (χ0) is 33.2. The Kier molecular flexibility index (Phi) is 19.9. The Bertz CT molecular complexity index is 1170. The van der Waals surface area contributed by atoms with Crippen LogP contribution in [0.3, 0.4) is 0 Å². The van der Waals surface area contributed by atoms with E-state index in [1.54, 1.807) is 26.0 Å². The number of hydrogen-bond donors (Lipinski definition) is 3. The number of phenols is 1. The molecule has 3 aromatic rings. The molecule has 246 valence electrons. The highest BCUT2D eigenvalue weighted by Crippen LogP contribution is 2.29. The maximum atomic E-state index is 13.1. The lowest BCUT2D eigenvalue weighted by Crippen LogP contribution is -2.23. The molecule has 0 saturated carbocycles. The molecular formula is C32H40Br3F3O6. The van der Waals surface area contributed by atoms with Crippen LogP contribution in [-0.2, 0) is 4.74 Å². The van der Waals surface area contributed by atoms with E-state index < -0.39 is 0 Å². The highest BCUT2D eigenvalue weighted by molar-refractivity contribution is 9.11. The van der Waals surface area contributed by atoms with Crippen LogP contribution in [0.4, 0.5) is 13.2 Å². The number of aliphatic hydroxyl groups is 2. The summed E-state index contributed by atoms with van der Waals surface area (Å²) < 4.78 is 56.4. The maximum absolute atomic E-state index is 13.1. The van der Waals surface area contributed by atoms with Crippen LogP contribution in [0.1, 0.15) is 53.4 Å². The SMILES string of the molecule is C1CCOC1.C[C@@H](O)C[C@@H](C)O.C[C@H](C[C@@H](C)Oc1ccc(F)cc1Br)Oc1ccc(F)cc1Br.Oc1ccc(F)cc1Br. The van der Waals surface area contributed by atoms with Gasteiger partial charge in [-0.15, -0.1) is 0 Å². The first-order chi connectivity index (χ1) is 20.7. The first-order valence-electron chi connectivity index (χ1n) is 14.0. The van der Waals surface area contributed by atoms with Gasteiger partial charge in [0.05, 0.1) is 37.8 Å². The minimum Gasteiger partial charge on any atom is -0.507 e. The van der Waals surface area contributed by atoms with Crippen molar-refractivity contribution in [3.8, 4) is 17.2 Å². The van der Waals surface area contributed by atoms with Crippen molar-refractivity contribution in [3.63, 3.8) is 0 Å². The summed E-state index contributed by atoms with van der Waals surface area (Å²) in [6, 6.07) is 12.3. The molecule has 4 rings (SSSR count). The largest absolute Gasteiger partial charge is 0.507 e. The minimum atomic E-state index is -0.375. The van der Waals surface area contributed by atoms with E-state index in [-0.39, 0.29) is 47.6 Å². The molecule has 0 spiro atoms. The van der Waals surface area contributed by atoms with Gasteiger partial charge < -0.3 is 29.5 Å². The molecule has 0 radical (unpaired) electrons. The molecule has 1 aliphatic rings. The molecule has 0 unspecified atom stereocenters. The van der Waals surface area contributed by atoms with Crippen molar-refractivity contribution in [2.75, 3.05) is 13.2 Å². The molecule has 1 aliphatic heterocycles. The van der Waals surface area contributed by atoms with E-state index in [4.69, 9.17) is 29.5 Å². The fourth-order valence-electron chi connectivity index (χ4n) is 3.62. The lowest BCUT2D eigenvalue weighted by molar-refractivity contribution is 0.102. The monoisotopic (exact) mass is 814 g/mol. The maximum Gasteiger partial charge on any atom is 0.134 e. The lowest BCUT2D eigenvalue weighted by atomic mass is 10.2. The third-order valence-electron chi connectivity index (χ3n) is 5.53. The summed E-state index contributed by atoms with van der Waals surface area (Å²) in [5.74, 6) is 0.198. The molecule has 0 bridgehead atoms. The van der Waals surface area contributed by atoms with Gasteiger partial charge in [0.25, 0.3) is 0 Å². The average molecular weight is 817 g/mol. The minimum absolute atomic E-state index is 0.0522. The van der Waals surface area contributed by atoms with E-state index in [0.29, 0.717) is 37.8 Å². The second kappa shape index (κ2) is 21.8. The summed E-state index contributed by atoms with van der Waals surface area (Å²) in [4.78, 5) is 0. The second-order valence-corrected chi connectivity index (χ2v) is 12.7. The summed E-state index contributed by atoms with van der Waals surface area (Å²) in [5.41, 5.74) is 0. The van der Waals surface area contributed by atoms with Crippen LogP contribution < -0.4 is 9.47 Å². The van der Waals surface area contributed by atoms with Gasteiger partial charge in [-0.1, -0.05) is 0 Å². The molecule has 3 N–H and O–H groups in total. The summed E-state index contributed by atoms with van der Waals surface area (Å²) >= 11 is 9.50. The van der Waals surface area contributed by atoms with E-state index in [1.165, 1.54) is 55.3 Å². The van der Waals surface area contributed by atoms with Crippen LogP contribution in [0.2, 0.25) is 0 Å². The van der Waals surface area contributed by atoms with Gasteiger partial charge in [0, 0.05) is 19.6 Å².